The number of carbonyl (C=O) groups is 1. The lowest BCUT2D eigenvalue weighted by molar-refractivity contribution is -0.114. The van der Waals surface area contributed by atoms with E-state index < -0.39 is 8.32 Å². The molecule has 20 heavy (non-hydrogen) atoms. The van der Waals surface area contributed by atoms with E-state index in [1.807, 2.05) is 6.08 Å². The summed E-state index contributed by atoms with van der Waals surface area (Å²) in [5, 5.41) is 0. The molecule has 0 radical (unpaired) electrons. The van der Waals surface area contributed by atoms with Crippen LogP contribution >= 0.6 is 22.6 Å². The molecular formula is C16H29IO2Si. The van der Waals surface area contributed by atoms with Gasteiger partial charge in [-0.1, -0.05) is 48.4 Å². The van der Waals surface area contributed by atoms with Crippen LogP contribution < -0.4 is 0 Å². The number of hydrogen-bond donors (Lipinski definition) is 0. The standard InChI is InChI=1S/C11H23IOSi.C5H6O/c1-6-7-8-11(2,9-10-12)13-14(3,4)5;6-5-3-1-2-4-5/h9-10H,6-8H2,1-5H3;1,3H,2,4H2/b10-9+;. The van der Waals surface area contributed by atoms with Gasteiger partial charge in [0.1, 0.15) is 0 Å². The first-order valence-electron chi connectivity index (χ1n) is 7.40. The summed E-state index contributed by atoms with van der Waals surface area (Å²) >= 11 is 2.27. The Kier molecular flexibility index (Phi) is 9.92. The van der Waals surface area contributed by atoms with Gasteiger partial charge in [0.25, 0.3) is 0 Å². The third-order valence-corrected chi connectivity index (χ3v) is 4.28. The van der Waals surface area contributed by atoms with Crippen LogP contribution in [0.3, 0.4) is 0 Å². The van der Waals surface area contributed by atoms with Gasteiger partial charge < -0.3 is 4.43 Å². The van der Waals surface area contributed by atoms with E-state index in [9.17, 15) is 4.79 Å². The van der Waals surface area contributed by atoms with E-state index in [0.29, 0.717) is 0 Å². The van der Waals surface area contributed by atoms with Gasteiger partial charge in [0.05, 0.1) is 5.60 Å². The van der Waals surface area contributed by atoms with Crippen LogP contribution in [0.5, 0.6) is 0 Å². The minimum absolute atomic E-state index is 0.0400. The summed E-state index contributed by atoms with van der Waals surface area (Å²) in [5.41, 5.74) is -0.0400. The first-order valence-corrected chi connectivity index (χ1v) is 12.1. The molecular weight excluding hydrogens is 379 g/mol. The Morgan fingerprint density at radius 2 is 2.10 bits per heavy atom. The number of carbonyl (C=O) groups excluding carboxylic acids is 1. The van der Waals surface area contributed by atoms with Crippen molar-refractivity contribution in [1.82, 2.24) is 0 Å². The van der Waals surface area contributed by atoms with Crippen molar-refractivity contribution in [3.05, 3.63) is 22.3 Å². The minimum atomic E-state index is -1.43. The number of unbranched alkanes of at least 4 members (excludes halogenated alkanes) is 1. The van der Waals surface area contributed by atoms with Gasteiger partial charge in [-0.2, -0.15) is 0 Å². The Bertz CT molecular complexity index is 345. The number of rotatable bonds is 6. The highest BCUT2D eigenvalue weighted by Crippen LogP contribution is 2.25. The monoisotopic (exact) mass is 408 g/mol. The summed E-state index contributed by atoms with van der Waals surface area (Å²) in [5.74, 6) is 0.273. The van der Waals surface area contributed by atoms with Crippen LogP contribution in [0, 0.1) is 0 Å². The fourth-order valence-corrected chi connectivity index (χ4v) is 4.38. The maximum atomic E-state index is 10.2. The van der Waals surface area contributed by atoms with Crippen LogP contribution in [-0.2, 0) is 9.22 Å². The van der Waals surface area contributed by atoms with E-state index in [2.05, 4.69) is 66.2 Å². The number of hydrogen-bond acceptors (Lipinski definition) is 2. The fourth-order valence-electron chi connectivity index (χ4n) is 2.05. The molecule has 2 nitrogen and oxygen atoms in total. The molecule has 0 aromatic rings. The van der Waals surface area contributed by atoms with Crippen LogP contribution in [0.15, 0.2) is 22.3 Å². The predicted molar refractivity (Wildman–Crippen MR) is 98.9 cm³/mol. The number of ketones is 1. The summed E-state index contributed by atoms with van der Waals surface area (Å²) < 4.78 is 8.29. The highest BCUT2D eigenvalue weighted by Gasteiger charge is 2.28. The second kappa shape index (κ2) is 9.90. The van der Waals surface area contributed by atoms with Crippen molar-refractivity contribution in [2.75, 3.05) is 0 Å². The Labute approximate surface area is 139 Å². The second-order valence-electron chi connectivity index (χ2n) is 6.33. The van der Waals surface area contributed by atoms with Gasteiger partial charge in [-0.25, -0.2) is 0 Å². The minimum Gasteiger partial charge on any atom is -0.409 e. The van der Waals surface area contributed by atoms with E-state index >= 15 is 0 Å². The van der Waals surface area contributed by atoms with Gasteiger partial charge >= 0.3 is 0 Å². The summed E-state index contributed by atoms with van der Waals surface area (Å²) in [6.07, 6.45) is 11.0. The van der Waals surface area contributed by atoms with Crippen molar-refractivity contribution in [3.63, 3.8) is 0 Å². The second-order valence-corrected chi connectivity index (χ2v) is 11.5. The molecule has 1 aliphatic rings. The average molecular weight is 408 g/mol. The molecule has 0 spiro atoms. The van der Waals surface area contributed by atoms with Gasteiger partial charge in [-0.15, -0.1) is 0 Å². The zero-order chi connectivity index (χ0) is 15.6. The molecule has 0 saturated carbocycles. The lowest BCUT2D eigenvalue weighted by Crippen LogP contribution is -2.39. The fraction of sp³-hybridized carbons (Fsp3) is 0.688. The van der Waals surface area contributed by atoms with E-state index in [1.54, 1.807) is 6.08 Å². The largest absolute Gasteiger partial charge is 0.409 e. The van der Waals surface area contributed by atoms with E-state index in [4.69, 9.17) is 4.43 Å². The maximum absolute atomic E-state index is 10.2. The molecule has 0 aliphatic heterocycles. The Morgan fingerprint density at radius 3 is 2.40 bits per heavy atom. The summed E-state index contributed by atoms with van der Waals surface area (Å²) in [6, 6.07) is 0. The third kappa shape index (κ3) is 10.8. The molecule has 0 bridgehead atoms. The van der Waals surface area contributed by atoms with Crippen molar-refractivity contribution in [2.45, 2.75) is 71.2 Å². The molecule has 1 rings (SSSR count). The zero-order valence-electron chi connectivity index (χ0n) is 13.5. The summed E-state index contributed by atoms with van der Waals surface area (Å²) in [4.78, 5) is 10.2. The van der Waals surface area contributed by atoms with Gasteiger partial charge in [0, 0.05) is 6.42 Å². The maximum Gasteiger partial charge on any atom is 0.184 e. The Balaban J connectivity index is 0.000000493. The Morgan fingerprint density at radius 1 is 1.45 bits per heavy atom. The topological polar surface area (TPSA) is 26.3 Å². The molecule has 116 valence electrons. The van der Waals surface area contributed by atoms with Crippen molar-refractivity contribution in [3.8, 4) is 0 Å². The molecule has 0 heterocycles. The van der Waals surface area contributed by atoms with Crippen LogP contribution in [0.4, 0.5) is 0 Å². The van der Waals surface area contributed by atoms with Gasteiger partial charge in [-0.3, -0.25) is 4.79 Å². The molecule has 0 fully saturated rings. The number of allylic oxidation sites excluding steroid dienone is 2. The van der Waals surface area contributed by atoms with Crippen molar-refractivity contribution in [1.29, 1.82) is 0 Å². The first kappa shape index (κ1) is 20.1. The van der Waals surface area contributed by atoms with Gasteiger partial charge in [0.2, 0.25) is 0 Å². The number of halogens is 1. The van der Waals surface area contributed by atoms with E-state index in [0.717, 1.165) is 19.3 Å². The Hall–Kier alpha value is 0.0569. The smallest absolute Gasteiger partial charge is 0.184 e. The molecule has 1 atom stereocenters. The van der Waals surface area contributed by atoms with Crippen LogP contribution in [0.25, 0.3) is 0 Å². The molecule has 0 aromatic heterocycles. The SMILES string of the molecule is CCCCC(C)(/C=C/I)O[Si](C)(C)C.O=C1C=CCC1. The van der Waals surface area contributed by atoms with E-state index in [1.165, 1.54) is 12.8 Å². The van der Waals surface area contributed by atoms with Crippen molar-refractivity contribution >= 4 is 36.7 Å². The van der Waals surface area contributed by atoms with Crippen molar-refractivity contribution < 1.29 is 9.22 Å². The molecule has 1 unspecified atom stereocenters. The molecule has 4 heteroatoms. The summed E-state index contributed by atoms with van der Waals surface area (Å²) in [7, 11) is -1.43. The molecule has 0 amide bonds. The summed E-state index contributed by atoms with van der Waals surface area (Å²) in [6.45, 7) is 11.2. The molecule has 0 saturated heterocycles. The van der Waals surface area contributed by atoms with E-state index in [-0.39, 0.29) is 11.4 Å². The zero-order valence-corrected chi connectivity index (χ0v) is 16.7. The molecule has 0 N–H and O–H groups in total. The lowest BCUT2D eigenvalue weighted by Gasteiger charge is -2.34. The average Bonchev–Trinajstić information content (AvgIpc) is 2.76. The van der Waals surface area contributed by atoms with Crippen LogP contribution in [-0.4, -0.2) is 19.7 Å². The van der Waals surface area contributed by atoms with Crippen LogP contribution in [0.2, 0.25) is 19.6 Å². The lowest BCUT2D eigenvalue weighted by atomic mass is 10.00. The quantitative estimate of drug-likeness (QED) is 0.420. The highest BCUT2D eigenvalue weighted by molar-refractivity contribution is 14.1. The van der Waals surface area contributed by atoms with Crippen molar-refractivity contribution in [2.24, 2.45) is 0 Å². The molecule has 0 aromatic carbocycles. The van der Waals surface area contributed by atoms with Gasteiger partial charge in [-0.05, 0) is 55.6 Å². The molecule has 1 aliphatic carbocycles. The highest BCUT2D eigenvalue weighted by atomic mass is 127. The third-order valence-electron chi connectivity index (χ3n) is 2.84. The normalized spacial score (nSPS) is 18.0. The van der Waals surface area contributed by atoms with Gasteiger partial charge in [0.15, 0.2) is 14.1 Å². The van der Waals surface area contributed by atoms with Crippen LogP contribution in [0.1, 0.15) is 46.0 Å². The first-order chi connectivity index (χ1) is 9.22. The predicted octanol–water partition coefficient (Wildman–Crippen LogP) is 5.64.